The van der Waals surface area contributed by atoms with Gasteiger partial charge in [0.1, 0.15) is 11.8 Å². The van der Waals surface area contributed by atoms with E-state index in [1.54, 1.807) is 6.20 Å². The van der Waals surface area contributed by atoms with Crippen LogP contribution in [-0.4, -0.2) is 4.98 Å². The number of pyridine rings is 1. The average molecular weight is 223 g/mol. The smallest absolute Gasteiger partial charge is 0.205 e. The number of hydrogen-bond donors (Lipinski definition) is 1. The zero-order chi connectivity index (χ0) is 11.8. The molecule has 17 heavy (non-hydrogen) atoms. The Morgan fingerprint density at radius 2 is 2.24 bits per heavy atom. The fourth-order valence-corrected chi connectivity index (χ4v) is 1.97. The van der Waals surface area contributed by atoms with Gasteiger partial charge in [-0.1, -0.05) is 6.07 Å². The van der Waals surface area contributed by atoms with Gasteiger partial charge in [0.2, 0.25) is 5.88 Å². The van der Waals surface area contributed by atoms with Crippen molar-refractivity contribution in [2.45, 2.75) is 6.42 Å². The van der Waals surface area contributed by atoms with E-state index in [9.17, 15) is 0 Å². The summed E-state index contributed by atoms with van der Waals surface area (Å²) in [7, 11) is 0. The number of nitriles is 1. The molecule has 2 N–H and O–H groups in total. The van der Waals surface area contributed by atoms with Gasteiger partial charge in [0.25, 0.3) is 0 Å². The Morgan fingerprint density at radius 1 is 1.35 bits per heavy atom. The van der Waals surface area contributed by atoms with Gasteiger partial charge < -0.3 is 10.5 Å². The fourth-order valence-electron chi connectivity index (χ4n) is 1.97. The van der Waals surface area contributed by atoms with E-state index in [1.165, 1.54) is 0 Å². The van der Waals surface area contributed by atoms with Crippen molar-refractivity contribution in [3.63, 3.8) is 0 Å². The normalized spacial score (nSPS) is 14.1. The van der Waals surface area contributed by atoms with Crippen molar-refractivity contribution in [1.82, 2.24) is 4.98 Å². The Bertz CT molecular complexity index is 683. The number of allylic oxidation sites excluding steroid dienone is 1. The lowest BCUT2D eigenvalue weighted by Crippen LogP contribution is -2.16. The molecule has 0 aliphatic carbocycles. The van der Waals surface area contributed by atoms with E-state index in [2.05, 4.69) is 11.1 Å². The lowest BCUT2D eigenvalue weighted by Gasteiger charge is -2.19. The molecule has 1 aromatic heterocycles. The second-order valence-corrected chi connectivity index (χ2v) is 3.86. The summed E-state index contributed by atoms with van der Waals surface area (Å²) in [5.41, 5.74) is 8.01. The van der Waals surface area contributed by atoms with E-state index in [4.69, 9.17) is 15.7 Å². The topological polar surface area (TPSA) is 71.9 Å². The molecule has 1 aliphatic rings. The third-order valence-electron chi connectivity index (χ3n) is 2.83. The van der Waals surface area contributed by atoms with Crippen molar-refractivity contribution >= 4 is 10.9 Å². The van der Waals surface area contributed by atoms with Gasteiger partial charge in [-0.05, 0) is 18.2 Å². The minimum Gasteiger partial charge on any atom is -0.440 e. The summed E-state index contributed by atoms with van der Waals surface area (Å²) in [6.07, 6.45) is 2.25. The van der Waals surface area contributed by atoms with Crippen LogP contribution in [-0.2, 0) is 6.42 Å². The molecule has 0 radical (unpaired) electrons. The third kappa shape index (κ3) is 1.41. The molecule has 0 saturated carbocycles. The summed E-state index contributed by atoms with van der Waals surface area (Å²) in [4.78, 5) is 4.25. The lowest BCUT2D eigenvalue weighted by molar-refractivity contribution is 0.404. The lowest BCUT2D eigenvalue weighted by atomic mass is 10.0. The van der Waals surface area contributed by atoms with Crippen molar-refractivity contribution in [3.05, 3.63) is 47.5 Å². The van der Waals surface area contributed by atoms with Crippen molar-refractivity contribution in [2.75, 3.05) is 0 Å². The van der Waals surface area contributed by atoms with Gasteiger partial charge >= 0.3 is 0 Å². The molecule has 2 heterocycles. The minimum absolute atomic E-state index is 0.191. The minimum atomic E-state index is 0.191. The second-order valence-electron chi connectivity index (χ2n) is 3.86. The number of aromatic nitrogens is 1. The first-order chi connectivity index (χ1) is 8.29. The van der Waals surface area contributed by atoms with Crippen LogP contribution >= 0.6 is 0 Å². The van der Waals surface area contributed by atoms with Crippen molar-refractivity contribution in [3.8, 4) is 11.8 Å². The van der Waals surface area contributed by atoms with Crippen LogP contribution in [0.3, 0.4) is 0 Å². The van der Waals surface area contributed by atoms with Crippen molar-refractivity contribution in [2.24, 2.45) is 5.73 Å². The number of nitrogens with zero attached hydrogens (tertiary/aromatic N) is 2. The van der Waals surface area contributed by atoms with E-state index in [-0.39, 0.29) is 5.88 Å². The summed E-state index contributed by atoms with van der Waals surface area (Å²) < 4.78 is 5.54. The van der Waals surface area contributed by atoms with Gasteiger partial charge in [-0.25, -0.2) is 0 Å². The van der Waals surface area contributed by atoms with Crippen LogP contribution in [0, 0.1) is 11.3 Å². The fraction of sp³-hybridized carbons (Fsp3) is 0.0769. The Morgan fingerprint density at radius 3 is 3.06 bits per heavy atom. The third-order valence-corrected chi connectivity index (χ3v) is 2.83. The molecule has 1 aliphatic heterocycles. The summed E-state index contributed by atoms with van der Waals surface area (Å²) >= 11 is 0. The van der Waals surface area contributed by atoms with E-state index < -0.39 is 0 Å². The van der Waals surface area contributed by atoms with Gasteiger partial charge in [-0.3, -0.25) is 4.98 Å². The van der Waals surface area contributed by atoms with E-state index in [0.717, 1.165) is 16.5 Å². The summed E-state index contributed by atoms with van der Waals surface area (Å²) in [6, 6.07) is 9.70. The van der Waals surface area contributed by atoms with Crippen LogP contribution in [0.15, 0.2) is 41.9 Å². The highest BCUT2D eigenvalue weighted by Crippen LogP contribution is 2.34. The molecule has 3 rings (SSSR count). The molecule has 4 heteroatoms. The zero-order valence-corrected chi connectivity index (χ0v) is 8.97. The number of rotatable bonds is 0. The number of fused-ring (bicyclic) bond motifs is 3. The molecular formula is C13H9N3O. The highest BCUT2D eigenvalue weighted by molar-refractivity contribution is 5.87. The Kier molecular flexibility index (Phi) is 1.99. The molecule has 0 fully saturated rings. The van der Waals surface area contributed by atoms with Gasteiger partial charge in [-0.15, -0.1) is 0 Å². The largest absolute Gasteiger partial charge is 0.440 e. The summed E-state index contributed by atoms with van der Waals surface area (Å²) in [5, 5.41) is 9.84. The Hall–Kier alpha value is -2.54. The van der Waals surface area contributed by atoms with Gasteiger partial charge in [0, 0.05) is 23.6 Å². The first-order valence-corrected chi connectivity index (χ1v) is 5.23. The number of benzene rings is 1. The molecule has 0 saturated heterocycles. The first kappa shape index (κ1) is 9.67. The molecule has 2 aromatic rings. The molecule has 0 bridgehead atoms. The molecule has 0 spiro atoms. The van der Waals surface area contributed by atoms with Crippen LogP contribution in [0.2, 0.25) is 0 Å². The monoisotopic (exact) mass is 223 g/mol. The quantitative estimate of drug-likeness (QED) is 0.739. The molecule has 0 atom stereocenters. The molecule has 4 nitrogen and oxygen atoms in total. The van der Waals surface area contributed by atoms with Gasteiger partial charge in [0.15, 0.2) is 0 Å². The Labute approximate surface area is 97.9 Å². The van der Waals surface area contributed by atoms with Gasteiger partial charge in [0.05, 0.1) is 11.1 Å². The van der Waals surface area contributed by atoms with E-state index >= 15 is 0 Å². The number of ether oxygens (including phenoxy) is 1. The molecule has 82 valence electrons. The highest BCUT2D eigenvalue weighted by Gasteiger charge is 2.20. The van der Waals surface area contributed by atoms with E-state index in [1.807, 2.05) is 24.3 Å². The zero-order valence-electron chi connectivity index (χ0n) is 8.97. The molecule has 1 aromatic carbocycles. The van der Waals surface area contributed by atoms with Crippen LogP contribution in [0.1, 0.15) is 5.56 Å². The van der Waals surface area contributed by atoms with Crippen LogP contribution in [0.5, 0.6) is 5.75 Å². The van der Waals surface area contributed by atoms with Gasteiger partial charge in [-0.2, -0.15) is 5.26 Å². The molecular weight excluding hydrogens is 214 g/mol. The predicted octanol–water partition coefficient (Wildman–Crippen LogP) is 1.86. The van der Waals surface area contributed by atoms with Crippen molar-refractivity contribution < 1.29 is 4.74 Å². The highest BCUT2D eigenvalue weighted by atomic mass is 16.5. The average Bonchev–Trinajstić information content (AvgIpc) is 2.38. The SMILES string of the molecule is N#CC1=C(N)Oc2c(ccc3ncccc23)C1. The van der Waals surface area contributed by atoms with Crippen LogP contribution in [0.4, 0.5) is 0 Å². The maximum absolute atomic E-state index is 8.92. The second kappa shape index (κ2) is 3.49. The summed E-state index contributed by atoms with van der Waals surface area (Å²) in [5.74, 6) is 0.906. The maximum atomic E-state index is 8.92. The number of hydrogen-bond acceptors (Lipinski definition) is 4. The van der Waals surface area contributed by atoms with Crippen LogP contribution in [0.25, 0.3) is 10.9 Å². The van der Waals surface area contributed by atoms with Crippen LogP contribution < -0.4 is 10.5 Å². The maximum Gasteiger partial charge on any atom is 0.205 e. The van der Waals surface area contributed by atoms with Crippen molar-refractivity contribution in [1.29, 1.82) is 5.26 Å². The standard InChI is InChI=1S/C13H9N3O/c14-7-9-6-8-3-4-11-10(2-1-5-16-11)12(8)17-13(9)15/h1-5H,6,15H2. The molecule has 0 unspecified atom stereocenters. The molecule has 0 amide bonds. The van der Waals surface area contributed by atoms with E-state index in [0.29, 0.717) is 17.7 Å². The Balaban J connectivity index is 2.25. The predicted molar refractivity (Wildman–Crippen MR) is 62.9 cm³/mol. The first-order valence-electron chi connectivity index (χ1n) is 5.23. The summed E-state index contributed by atoms with van der Waals surface area (Å²) in [6.45, 7) is 0. The number of nitrogens with two attached hydrogens (primary N) is 1.